The molecule has 1 aromatic heterocycles. The van der Waals surface area contributed by atoms with Crippen LogP contribution < -0.4 is 10.6 Å². The molecule has 0 atom stereocenters. The summed E-state index contributed by atoms with van der Waals surface area (Å²) < 4.78 is 18.9. The molecule has 0 aliphatic carbocycles. The fourth-order valence-electron chi connectivity index (χ4n) is 2.77. The summed E-state index contributed by atoms with van der Waals surface area (Å²) in [7, 11) is 3.18. The van der Waals surface area contributed by atoms with Crippen LogP contribution in [0, 0.1) is 12.7 Å². The molecule has 2 rings (SSSR count). The van der Waals surface area contributed by atoms with Crippen LogP contribution in [0.15, 0.2) is 24.3 Å². The molecule has 0 aliphatic rings. The maximum atomic E-state index is 13.8. The van der Waals surface area contributed by atoms with Gasteiger partial charge in [-0.15, -0.1) is 11.3 Å². The first-order chi connectivity index (χ1) is 13.8. The monoisotopic (exact) mass is 421 g/mol. The lowest BCUT2D eigenvalue weighted by Crippen LogP contribution is -2.30. The van der Waals surface area contributed by atoms with E-state index in [0.717, 1.165) is 11.3 Å². The number of amides is 2. The molecule has 9 heteroatoms. The van der Waals surface area contributed by atoms with Crippen LogP contribution in [-0.2, 0) is 16.1 Å². The lowest BCUT2D eigenvalue weighted by Gasteiger charge is -2.16. The van der Waals surface area contributed by atoms with Gasteiger partial charge in [0.15, 0.2) is 0 Å². The van der Waals surface area contributed by atoms with E-state index in [1.807, 2.05) is 0 Å². The first kappa shape index (κ1) is 22.5. The number of hydrogen-bond acceptors (Lipinski definition) is 6. The molecule has 1 aromatic carbocycles. The summed E-state index contributed by atoms with van der Waals surface area (Å²) >= 11 is 1.01. The number of ether oxygens (including phenoxy) is 1. The number of benzene rings is 1. The smallest absolute Gasteiger partial charge is 0.341 e. The Labute approximate surface area is 172 Å². The van der Waals surface area contributed by atoms with Crippen molar-refractivity contribution >= 4 is 34.1 Å². The van der Waals surface area contributed by atoms with Crippen molar-refractivity contribution in [1.82, 2.24) is 10.2 Å². The van der Waals surface area contributed by atoms with E-state index in [1.54, 1.807) is 44.0 Å². The Kier molecular flexibility index (Phi) is 7.86. The fourth-order valence-corrected chi connectivity index (χ4v) is 3.92. The zero-order chi connectivity index (χ0) is 21.6. The Morgan fingerprint density at radius 2 is 1.93 bits per heavy atom. The zero-order valence-corrected chi connectivity index (χ0v) is 17.6. The Balaban J connectivity index is 2.16. The number of likely N-dealkylation sites (N-methyl/N-ethyl adjacent to an activating group) is 1. The summed E-state index contributed by atoms with van der Waals surface area (Å²) in [6.45, 7) is 3.70. The Morgan fingerprint density at radius 3 is 2.55 bits per heavy atom. The van der Waals surface area contributed by atoms with Gasteiger partial charge in [0.1, 0.15) is 10.8 Å². The van der Waals surface area contributed by atoms with Crippen molar-refractivity contribution < 1.29 is 23.5 Å². The second-order valence-corrected chi connectivity index (χ2v) is 7.39. The third-order valence-corrected chi connectivity index (χ3v) is 5.33. The average Bonchev–Trinajstić information content (AvgIpc) is 2.98. The number of halogens is 1. The fraction of sp³-hybridized carbons (Fsp3) is 0.350. The number of esters is 1. The van der Waals surface area contributed by atoms with Crippen LogP contribution >= 0.6 is 11.3 Å². The highest BCUT2D eigenvalue weighted by molar-refractivity contribution is 7.18. The van der Waals surface area contributed by atoms with Crippen molar-refractivity contribution in [3.8, 4) is 0 Å². The summed E-state index contributed by atoms with van der Waals surface area (Å²) in [5.41, 5.74) is 1.09. The number of rotatable bonds is 8. The van der Waals surface area contributed by atoms with E-state index in [2.05, 4.69) is 10.6 Å². The van der Waals surface area contributed by atoms with Crippen molar-refractivity contribution in [2.45, 2.75) is 20.4 Å². The molecule has 0 fully saturated rings. The average molecular weight is 421 g/mol. The summed E-state index contributed by atoms with van der Waals surface area (Å²) in [6.07, 6.45) is 0. The van der Waals surface area contributed by atoms with Gasteiger partial charge >= 0.3 is 5.97 Å². The van der Waals surface area contributed by atoms with Crippen LogP contribution in [0.25, 0.3) is 0 Å². The molecule has 156 valence electrons. The first-order valence-electron chi connectivity index (χ1n) is 9.02. The number of nitrogens with one attached hydrogen (secondary N) is 2. The minimum atomic E-state index is -0.605. The van der Waals surface area contributed by atoms with Crippen LogP contribution in [-0.4, -0.2) is 49.9 Å². The SMILES string of the molecule is CCOC(=O)c1c(NC(=O)CN(C)Cc2ccccc2F)sc(C(=O)NC)c1C. The maximum absolute atomic E-state index is 13.8. The largest absolute Gasteiger partial charge is 0.462 e. The highest BCUT2D eigenvalue weighted by Crippen LogP contribution is 2.33. The normalized spacial score (nSPS) is 10.7. The molecule has 1 heterocycles. The second-order valence-electron chi connectivity index (χ2n) is 6.37. The Hall–Kier alpha value is -2.78. The number of nitrogens with zero attached hydrogens (tertiary/aromatic N) is 1. The summed E-state index contributed by atoms with van der Waals surface area (Å²) in [5.74, 6) is -1.69. The molecular formula is C20H24FN3O4S. The van der Waals surface area contributed by atoms with Crippen LogP contribution in [0.1, 0.15) is 38.1 Å². The van der Waals surface area contributed by atoms with Crippen molar-refractivity contribution in [1.29, 1.82) is 0 Å². The van der Waals surface area contributed by atoms with Crippen molar-refractivity contribution in [2.75, 3.05) is 32.6 Å². The van der Waals surface area contributed by atoms with Gasteiger partial charge in [-0.2, -0.15) is 0 Å². The van der Waals surface area contributed by atoms with Gasteiger partial charge < -0.3 is 15.4 Å². The number of thiophene rings is 1. The standard InChI is InChI=1S/C20H24FN3O4S/c1-5-28-20(27)16-12(2)17(18(26)22-3)29-19(16)23-15(25)11-24(4)10-13-8-6-7-9-14(13)21/h6-9H,5,10-11H2,1-4H3,(H,22,26)(H,23,25). The molecular weight excluding hydrogens is 397 g/mol. The molecule has 0 bridgehead atoms. The van der Waals surface area contributed by atoms with Gasteiger partial charge in [0, 0.05) is 19.2 Å². The quantitative estimate of drug-likeness (QED) is 0.640. The summed E-state index contributed by atoms with van der Waals surface area (Å²) in [4.78, 5) is 38.9. The molecule has 0 aliphatic heterocycles. The Bertz CT molecular complexity index is 913. The molecule has 0 radical (unpaired) electrons. The van der Waals surface area contributed by atoms with Gasteiger partial charge in [-0.3, -0.25) is 14.5 Å². The molecule has 0 saturated carbocycles. The predicted molar refractivity (Wildman–Crippen MR) is 110 cm³/mol. The van der Waals surface area contributed by atoms with Gasteiger partial charge in [-0.1, -0.05) is 18.2 Å². The highest BCUT2D eigenvalue weighted by atomic mass is 32.1. The third-order valence-electron chi connectivity index (χ3n) is 4.12. The lowest BCUT2D eigenvalue weighted by atomic mass is 10.1. The molecule has 2 N–H and O–H groups in total. The van der Waals surface area contributed by atoms with E-state index in [1.165, 1.54) is 13.1 Å². The minimum Gasteiger partial charge on any atom is -0.462 e. The minimum absolute atomic E-state index is 0.0249. The molecule has 7 nitrogen and oxygen atoms in total. The molecule has 0 spiro atoms. The summed E-state index contributed by atoms with van der Waals surface area (Å²) in [5, 5.41) is 5.45. The van der Waals surface area contributed by atoms with E-state index in [0.29, 0.717) is 16.0 Å². The zero-order valence-electron chi connectivity index (χ0n) is 16.8. The Morgan fingerprint density at radius 1 is 1.24 bits per heavy atom. The van der Waals surface area contributed by atoms with E-state index in [9.17, 15) is 18.8 Å². The predicted octanol–water partition coefficient (Wildman–Crippen LogP) is 2.80. The van der Waals surface area contributed by atoms with Gasteiger partial charge in [0.05, 0.1) is 23.6 Å². The van der Waals surface area contributed by atoms with Crippen LogP contribution in [0.2, 0.25) is 0 Å². The second kappa shape index (κ2) is 10.1. The van der Waals surface area contributed by atoms with Crippen LogP contribution in [0.5, 0.6) is 0 Å². The lowest BCUT2D eigenvalue weighted by molar-refractivity contribution is -0.117. The number of hydrogen-bond donors (Lipinski definition) is 2. The topological polar surface area (TPSA) is 87.7 Å². The van der Waals surface area contributed by atoms with Gasteiger partial charge in [0.2, 0.25) is 5.91 Å². The summed E-state index contributed by atoms with van der Waals surface area (Å²) in [6, 6.07) is 6.35. The van der Waals surface area contributed by atoms with Crippen LogP contribution in [0.3, 0.4) is 0 Å². The highest BCUT2D eigenvalue weighted by Gasteiger charge is 2.26. The van der Waals surface area contributed by atoms with E-state index in [-0.39, 0.29) is 47.9 Å². The van der Waals surface area contributed by atoms with Gasteiger partial charge in [0.25, 0.3) is 5.91 Å². The molecule has 29 heavy (non-hydrogen) atoms. The van der Waals surface area contributed by atoms with E-state index >= 15 is 0 Å². The first-order valence-corrected chi connectivity index (χ1v) is 9.84. The maximum Gasteiger partial charge on any atom is 0.341 e. The van der Waals surface area contributed by atoms with Crippen molar-refractivity contribution in [3.63, 3.8) is 0 Å². The molecule has 0 saturated heterocycles. The number of carbonyl (C=O) groups is 3. The van der Waals surface area contributed by atoms with Gasteiger partial charge in [-0.05, 0) is 32.5 Å². The number of carbonyl (C=O) groups excluding carboxylic acids is 3. The van der Waals surface area contributed by atoms with Crippen molar-refractivity contribution in [3.05, 3.63) is 51.7 Å². The van der Waals surface area contributed by atoms with Crippen LogP contribution in [0.4, 0.5) is 9.39 Å². The molecule has 2 amide bonds. The molecule has 2 aromatic rings. The van der Waals surface area contributed by atoms with E-state index in [4.69, 9.17) is 4.74 Å². The van der Waals surface area contributed by atoms with Gasteiger partial charge in [-0.25, -0.2) is 9.18 Å². The van der Waals surface area contributed by atoms with Crippen molar-refractivity contribution in [2.24, 2.45) is 0 Å². The van der Waals surface area contributed by atoms with E-state index < -0.39 is 5.97 Å². The molecule has 0 unspecified atom stereocenters. The number of anilines is 1. The third kappa shape index (κ3) is 5.61.